The van der Waals surface area contributed by atoms with Gasteiger partial charge in [-0.25, -0.2) is 0 Å². The van der Waals surface area contributed by atoms with E-state index in [2.05, 4.69) is 22.5 Å². The molecule has 0 saturated carbocycles. The molecule has 2 aromatic rings. The summed E-state index contributed by atoms with van der Waals surface area (Å²) in [5.41, 5.74) is 1.88. The van der Waals surface area contributed by atoms with Crippen molar-refractivity contribution in [3.63, 3.8) is 0 Å². The summed E-state index contributed by atoms with van der Waals surface area (Å²) in [5, 5.41) is 0. The number of hydrogen-bond acceptors (Lipinski definition) is 5. The van der Waals surface area contributed by atoms with Crippen LogP contribution in [0, 0.1) is 0 Å². The second-order valence-electron chi connectivity index (χ2n) is 5.91. The number of carbonyl (C=O) groups excluding carboxylic acids is 1. The van der Waals surface area contributed by atoms with E-state index < -0.39 is 0 Å². The van der Waals surface area contributed by atoms with Gasteiger partial charge in [-0.15, -0.1) is 6.58 Å². The molecule has 1 heterocycles. The van der Waals surface area contributed by atoms with Crippen LogP contribution in [0.2, 0.25) is 0 Å². The Morgan fingerprint density at radius 2 is 1.96 bits per heavy atom. The Morgan fingerprint density at radius 3 is 2.64 bits per heavy atom. The van der Waals surface area contributed by atoms with Crippen molar-refractivity contribution in [2.75, 3.05) is 13.7 Å². The van der Waals surface area contributed by atoms with Crippen LogP contribution in [-0.2, 0) is 11.4 Å². The molecule has 0 N–H and O–H groups in total. The lowest BCUT2D eigenvalue weighted by Crippen LogP contribution is -2.27. The maximum atomic E-state index is 12.5. The van der Waals surface area contributed by atoms with Crippen molar-refractivity contribution in [2.45, 2.75) is 6.61 Å². The Hall–Kier alpha value is -2.09. The number of carbonyl (C=O) groups is 1. The molecule has 0 spiro atoms. The van der Waals surface area contributed by atoms with Gasteiger partial charge >= 0.3 is 0 Å². The van der Waals surface area contributed by atoms with E-state index in [0.717, 1.165) is 15.6 Å². The Morgan fingerprint density at radius 1 is 1.21 bits per heavy atom. The first-order chi connectivity index (χ1) is 13.5. The highest BCUT2D eigenvalue weighted by molar-refractivity contribution is 9.10. The maximum Gasteiger partial charge on any atom is 0.266 e. The van der Waals surface area contributed by atoms with Gasteiger partial charge in [0.25, 0.3) is 5.91 Å². The van der Waals surface area contributed by atoms with E-state index in [9.17, 15) is 4.79 Å². The fourth-order valence-corrected chi connectivity index (χ4v) is 4.11. The van der Waals surface area contributed by atoms with E-state index >= 15 is 0 Å². The summed E-state index contributed by atoms with van der Waals surface area (Å²) in [6.07, 6.45) is 3.48. The average Bonchev–Trinajstić information content (AvgIpc) is 2.95. The lowest BCUT2D eigenvalue weighted by atomic mass is 10.1. The van der Waals surface area contributed by atoms with Gasteiger partial charge in [-0.1, -0.05) is 64.2 Å². The number of amides is 1. The molecular weight excluding hydrogens is 458 g/mol. The predicted molar refractivity (Wildman–Crippen MR) is 122 cm³/mol. The first-order valence-electron chi connectivity index (χ1n) is 8.43. The lowest BCUT2D eigenvalue weighted by molar-refractivity contribution is -0.121. The van der Waals surface area contributed by atoms with Crippen LogP contribution < -0.4 is 9.47 Å². The smallest absolute Gasteiger partial charge is 0.266 e. The summed E-state index contributed by atoms with van der Waals surface area (Å²) in [5.74, 6) is 1.14. The van der Waals surface area contributed by atoms with E-state index in [4.69, 9.17) is 21.7 Å². The molecule has 3 rings (SSSR count). The Labute approximate surface area is 182 Å². The molecular formula is C21H18BrNO3S2. The Kier molecular flexibility index (Phi) is 6.93. The summed E-state index contributed by atoms with van der Waals surface area (Å²) < 4.78 is 12.9. The summed E-state index contributed by atoms with van der Waals surface area (Å²) in [7, 11) is 1.60. The second-order valence-corrected chi connectivity index (χ2v) is 8.50. The van der Waals surface area contributed by atoms with Gasteiger partial charge in [-0.2, -0.15) is 0 Å². The number of thiocarbonyl (C=S) groups is 1. The van der Waals surface area contributed by atoms with Crippen LogP contribution in [0.15, 0.2) is 64.5 Å². The average molecular weight is 476 g/mol. The number of rotatable bonds is 7. The molecule has 1 aliphatic heterocycles. The van der Waals surface area contributed by atoms with E-state index in [1.54, 1.807) is 13.2 Å². The fourth-order valence-electron chi connectivity index (χ4n) is 2.58. The van der Waals surface area contributed by atoms with Crippen LogP contribution in [-0.4, -0.2) is 28.8 Å². The monoisotopic (exact) mass is 475 g/mol. The third-order valence-corrected chi connectivity index (χ3v) is 5.88. The van der Waals surface area contributed by atoms with Crippen molar-refractivity contribution in [1.29, 1.82) is 0 Å². The maximum absolute atomic E-state index is 12.5. The number of methoxy groups -OCH3 is 1. The highest BCUT2D eigenvalue weighted by Crippen LogP contribution is 2.35. The number of ether oxygens (including phenoxy) is 2. The summed E-state index contributed by atoms with van der Waals surface area (Å²) in [6.45, 7) is 4.49. The number of thioether (sulfide) groups is 1. The lowest BCUT2D eigenvalue weighted by Gasteiger charge is -2.12. The van der Waals surface area contributed by atoms with Crippen LogP contribution >= 0.6 is 39.9 Å². The largest absolute Gasteiger partial charge is 0.493 e. The quantitative estimate of drug-likeness (QED) is 0.303. The van der Waals surface area contributed by atoms with Crippen LogP contribution in [0.3, 0.4) is 0 Å². The van der Waals surface area contributed by atoms with Gasteiger partial charge in [0.05, 0.1) is 12.0 Å². The van der Waals surface area contributed by atoms with Crippen LogP contribution in [0.4, 0.5) is 0 Å². The second kappa shape index (κ2) is 9.41. The van der Waals surface area contributed by atoms with Gasteiger partial charge in [0.15, 0.2) is 11.5 Å². The van der Waals surface area contributed by atoms with Gasteiger partial charge in [0.2, 0.25) is 0 Å². The molecule has 28 heavy (non-hydrogen) atoms. The van der Waals surface area contributed by atoms with Gasteiger partial charge < -0.3 is 9.47 Å². The number of nitrogens with zero attached hydrogens (tertiary/aromatic N) is 1. The SMILES string of the molecule is C=CCN1C(=O)/C(=C/c2ccc(OC)c(OCc3ccc(Br)cc3)c2)SC1=S. The predicted octanol–water partition coefficient (Wildman–Crippen LogP) is 5.42. The first kappa shape index (κ1) is 20.6. The third kappa shape index (κ3) is 4.84. The van der Waals surface area contributed by atoms with Gasteiger partial charge in [0, 0.05) is 11.0 Å². The van der Waals surface area contributed by atoms with E-state index in [-0.39, 0.29) is 5.91 Å². The zero-order chi connectivity index (χ0) is 20.1. The van der Waals surface area contributed by atoms with Gasteiger partial charge in [-0.3, -0.25) is 9.69 Å². The minimum absolute atomic E-state index is 0.108. The van der Waals surface area contributed by atoms with Crippen molar-refractivity contribution >= 4 is 56.2 Å². The van der Waals surface area contributed by atoms with Crippen molar-refractivity contribution in [1.82, 2.24) is 4.90 Å². The van der Waals surface area contributed by atoms with Crippen molar-refractivity contribution in [3.05, 3.63) is 75.6 Å². The number of benzene rings is 2. The zero-order valence-electron chi connectivity index (χ0n) is 15.2. The molecule has 1 aliphatic rings. The topological polar surface area (TPSA) is 38.8 Å². The molecule has 2 aromatic carbocycles. The summed E-state index contributed by atoms with van der Waals surface area (Å²) in [4.78, 5) is 14.6. The Bertz CT molecular complexity index is 941. The molecule has 0 atom stereocenters. The number of halogens is 1. The molecule has 1 amide bonds. The highest BCUT2D eigenvalue weighted by atomic mass is 79.9. The molecule has 144 valence electrons. The standard InChI is InChI=1S/C21H18BrNO3S2/c1-3-10-23-20(24)19(28-21(23)27)12-15-6-9-17(25-2)18(11-15)26-13-14-4-7-16(22)8-5-14/h3-9,11-12H,1,10,13H2,2H3/b19-12-. The first-order valence-corrected chi connectivity index (χ1v) is 10.4. The van der Waals surface area contributed by atoms with Gasteiger partial charge in [0.1, 0.15) is 10.9 Å². The zero-order valence-corrected chi connectivity index (χ0v) is 18.4. The Balaban J connectivity index is 1.80. The summed E-state index contributed by atoms with van der Waals surface area (Å²) >= 11 is 9.99. The van der Waals surface area contributed by atoms with E-state index in [1.807, 2.05) is 48.5 Å². The number of hydrogen-bond donors (Lipinski definition) is 0. The van der Waals surface area contributed by atoms with Crippen molar-refractivity contribution < 1.29 is 14.3 Å². The van der Waals surface area contributed by atoms with Gasteiger partial charge in [-0.05, 0) is 41.5 Å². The molecule has 0 aliphatic carbocycles. The fraction of sp³-hybridized carbons (Fsp3) is 0.143. The molecule has 1 fully saturated rings. The van der Waals surface area contributed by atoms with Crippen LogP contribution in [0.5, 0.6) is 11.5 Å². The minimum atomic E-state index is -0.108. The van der Waals surface area contributed by atoms with E-state index in [0.29, 0.717) is 33.9 Å². The minimum Gasteiger partial charge on any atom is -0.493 e. The molecule has 0 aromatic heterocycles. The van der Waals surface area contributed by atoms with Crippen molar-refractivity contribution in [3.8, 4) is 11.5 Å². The molecule has 1 saturated heterocycles. The highest BCUT2D eigenvalue weighted by Gasteiger charge is 2.30. The molecule has 7 heteroatoms. The third-order valence-electron chi connectivity index (χ3n) is 3.98. The molecule has 0 unspecified atom stereocenters. The molecule has 0 radical (unpaired) electrons. The van der Waals surface area contributed by atoms with Crippen LogP contribution in [0.25, 0.3) is 6.08 Å². The molecule has 4 nitrogen and oxygen atoms in total. The van der Waals surface area contributed by atoms with Crippen molar-refractivity contribution in [2.24, 2.45) is 0 Å². The van der Waals surface area contributed by atoms with Crippen LogP contribution in [0.1, 0.15) is 11.1 Å². The summed E-state index contributed by atoms with van der Waals surface area (Å²) in [6, 6.07) is 13.5. The normalized spacial score (nSPS) is 15.2. The molecule has 0 bridgehead atoms. The van der Waals surface area contributed by atoms with E-state index in [1.165, 1.54) is 16.7 Å².